The smallest absolute Gasteiger partial charge is 0.407 e. The normalized spacial score (nSPS) is 18.8. The minimum atomic E-state index is -0.389. The Kier molecular flexibility index (Phi) is 3.59. The molecule has 112 valence electrons. The molecule has 0 aromatic carbocycles. The fraction of sp³-hybridized carbons (Fsp3) is 0.538. The quantitative estimate of drug-likeness (QED) is 0.879. The molecule has 1 unspecified atom stereocenters. The highest BCUT2D eigenvalue weighted by Gasteiger charge is 2.23. The molecular weight excluding hydrogens is 272 g/mol. The van der Waals surface area contributed by atoms with Crippen LogP contribution in [-0.4, -0.2) is 52.1 Å². The van der Waals surface area contributed by atoms with E-state index in [0.717, 1.165) is 43.2 Å². The molecule has 1 aliphatic rings. The number of alkyl carbamates (subject to hydrolysis) is 1. The van der Waals surface area contributed by atoms with Gasteiger partial charge < -0.3 is 15.0 Å². The van der Waals surface area contributed by atoms with Crippen molar-refractivity contribution < 1.29 is 9.53 Å². The van der Waals surface area contributed by atoms with Crippen molar-refractivity contribution in [1.29, 1.82) is 0 Å². The predicted molar refractivity (Wildman–Crippen MR) is 76.3 cm³/mol. The summed E-state index contributed by atoms with van der Waals surface area (Å²) in [6.45, 7) is 3.50. The van der Waals surface area contributed by atoms with Gasteiger partial charge in [0.05, 0.1) is 7.11 Å². The highest BCUT2D eigenvalue weighted by atomic mass is 16.5. The summed E-state index contributed by atoms with van der Waals surface area (Å²) < 4.78 is 6.38. The zero-order valence-corrected chi connectivity index (χ0v) is 12.1. The Morgan fingerprint density at radius 1 is 1.43 bits per heavy atom. The Bertz CT molecular complexity index is 655. The first-order chi connectivity index (χ1) is 10.2. The standard InChI is InChI=1S/C13H18N6O2/c1-9-15-16-11-5-6-12(17-19(9)11)18-7-3-4-10(8-18)14-13(20)21-2/h5-6,10H,3-4,7-8H2,1-2H3,(H,14,20). The van der Waals surface area contributed by atoms with E-state index >= 15 is 0 Å². The molecule has 1 N–H and O–H groups in total. The third-order valence-electron chi connectivity index (χ3n) is 3.66. The largest absolute Gasteiger partial charge is 0.453 e. The van der Waals surface area contributed by atoms with Crippen LogP contribution in [0.2, 0.25) is 0 Å². The summed E-state index contributed by atoms with van der Waals surface area (Å²) >= 11 is 0. The first kappa shape index (κ1) is 13.6. The highest BCUT2D eigenvalue weighted by molar-refractivity contribution is 5.67. The lowest BCUT2D eigenvalue weighted by Crippen LogP contribution is -2.48. The number of carbonyl (C=O) groups is 1. The second-order valence-corrected chi connectivity index (χ2v) is 5.13. The molecule has 8 nitrogen and oxygen atoms in total. The highest BCUT2D eigenvalue weighted by Crippen LogP contribution is 2.18. The lowest BCUT2D eigenvalue weighted by atomic mass is 10.1. The van der Waals surface area contributed by atoms with Crippen LogP contribution in [0.1, 0.15) is 18.7 Å². The van der Waals surface area contributed by atoms with Gasteiger partial charge in [0.15, 0.2) is 11.5 Å². The van der Waals surface area contributed by atoms with Gasteiger partial charge in [0.25, 0.3) is 0 Å². The van der Waals surface area contributed by atoms with E-state index in [1.54, 1.807) is 4.52 Å². The van der Waals surface area contributed by atoms with E-state index in [1.165, 1.54) is 7.11 Å². The Balaban J connectivity index is 1.77. The van der Waals surface area contributed by atoms with Crippen molar-refractivity contribution in [2.75, 3.05) is 25.1 Å². The Hall–Kier alpha value is -2.38. The summed E-state index contributed by atoms with van der Waals surface area (Å²) in [6, 6.07) is 3.91. The Morgan fingerprint density at radius 2 is 2.29 bits per heavy atom. The van der Waals surface area contributed by atoms with Crippen molar-refractivity contribution in [2.45, 2.75) is 25.8 Å². The third-order valence-corrected chi connectivity index (χ3v) is 3.66. The molecule has 0 bridgehead atoms. The van der Waals surface area contributed by atoms with Crippen molar-refractivity contribution in [3.05, 3.63) is 18.0 Å². The number of nitrogens with zero attached hydrogens (tertiary/aromatic N) is 5. The van der Waals surface area contributed by atoms with E-state index in [9.17, 15) is 4.79 Å². The second-order valence-electron chi connectivity index (χ2n) is 5.13. The van der Waals surface area contributed by atoms with Crippen molar-refractivity contribution in [1.82, 2.24) is 25.1 Å². The third kappa shape index (κ3) is 2.74. The van der Waals surface area contributed by atoms with Crippen LogP contribution in [0, 0.1) is 6.92 Å². The number of methoxy groups -OCH3 is 1. The first-order valence-electron chi connectivity index (χ1n) is 6.96. The average molecular weight is 290 g/mol. The van der Waals surface area contributed by atoms with Gasteiger partial charge in [-0.15, -0.1) is 15.3 Å². The van der Waals surface area contributed by atoms with Crippen LogP contribution in [0.15, 0.2) is 12.1 Å². The first-order valence-corrected chi connectivity index (χ1v) is 6.96. The van der Waals surface area contributed by atoms with E-state index < -0.39 is 0 Å². The fourth-order valence-corrected chi connectivity index (χ4v) is 2.58. The minimum Gasteiger partial charge on any atom is -0.453 e. The van der Waals surface area contributed by atoms with Crippen LogP contribution in [-0.2, 0) is 4.74 Å². The molecular formula is C13H18N6O2. The van der Waals surface area contributed by atoms with E-state index in [2.05, 4.69) is 30.2 Å². The number of aromatic nitrogens is 4. The lowest BCUT2D eigenvalue weighted by Gasteiger charge is -2.33. The van der Waals surface area contributed by atoms with Crippen molar-refractivity contribution in [3.8, 4) is 0 Å². The zero-order valence-electron chi connectivity index (χ0n) is 12.1. The number of anilines is 1. The van der Waals surface area contributed by atoms with E-state index in [-0.39, 0.29) is 12.1 Å². The van der Waals surface area contributed by atoms with Crippen LogP contribution in [0.25, 0.3) is 5.65 Å². The van der Waals surface area contributed by atoms with Crippen molar-refractivity contribution in [3.63, 3.8) is 0 Å². The van der Waals surface area contributed by atoms with Gasteiger partial charge >= 0.3 is 6.09 Å². The molecule has 0 aliphatic carbocycles. The average Bonchev–Trinajstić information content (AvgIpc) is 2.88. The molecule has 0 spiro atoms. The molecule has 8 heteroatoms. The molecule has 3 heterocycles. The summed E-state index contributed by atoms with van der Waals surface area (Å²) in [5, 5.41) is 15.4. The number of fused-ring (bicyclic) bond motifs is 1. The summed E-state index contributed by atoms with van der Waals surface area (Å²) in [4.78, 5) is 13.5. The van der Waals surface area contributed by atoms with E-state index in [0.29, 0.717) is 0 Å². The number of carbonyl (C=O) groups excluding carboxylic acids is 1. The summed E-state index contributed by atoms with van der Waals surface area (Å²) in [7, 11) is 1.38. The second kappa shape index (κ2) is 5.55. The molecule has 1 fully saturated rings. The number of nitrogens with one attached hydrogen (secondary N) is 1. The minimum absolute atomic E-state index is 0.0747. The topological polar surface area (TPSA) is 84.6 Å². The molecule has 1 aliphatic heterocycles. The Morgan fingerprint density at radius 3 is 3.10 bits per heavy atom. The Labute approximate surface area is 122 Å². The number of aryl methyl sites for hydroxylation is 1. The number of piperidine rings is 1. The summed E-state index contributed by atoms with van der Waals surface area (Å²) in [5.74, 6) is 1.62. The predicted octanol–water partition coefficient (Wildman–Crippen LogP) is 0.758. The number of hydrogen-bond donors (Lipinski definition) is 1. The number of rotatable bonds is 2. The molecule has 2 aromatic heterocycles. The molecule has 1 atom stereocenters. The molecule has 21 heavy (non-hydrogen) atoms. The molecule has 0 saturated carbocycles. The maximum Gasteiger partial charge on any atom is 0.407 e. The number of hydrogen-bond acceptors (Lipinski definition) is 6. The molecule has 1 amide bonds. The van der Waals surface area contributed by atoms with Gasteiger partial charge in [0, 0.05) is 19.1 Å². The van der Waals surface area contributed by atoms with Gasteiger partial charge in [-0.3, -0.25) is 0 Å². The fourth-order valence-electron chi connectivity index (χ4n) is 2.58. The molecule has 1 saturated heterocycles. The van der Waals surface area contributed by atoms with Crippen LogP contribution < -0.4 is 10.2 Å². The number of ether oxygens (including phenoxy) is 1. The monoisotopic (exact) mass is 290 g/mol. The van der Waals surface area contributed by atoms with Crippen LogP contribution >= 0.6 is 0 Å². The van der Waals surface area contributed by atoms with Gasteiger partial charge in [-0.05, 0) is 31.9 Å². The van der Waals surface area contributed by atoms with Gasteiger partial charge in [-0.25, -0.2) is 4.79 Å². The van der Waals surface area contributed by atoms with Crippen LogP contribution in [0.4, 0.5) is 10.6 Å². The van der Waals surface area contributed by atoms with Crippen molar-refractivity contribution in [2.24, 2.45) is 0 Å². The summed E-state index contributed by atoms with van der Waals surface area (Å²) in [5.41, 5.74) is 0.734. The van der Waals surface area contributed by atoms with E-state index in [4.69, 9.17) is 0 Å². The lowest BCUT2D eigenvalue weighted by molar-refractivity contribution is 0.165. The molecule has 3 rings (SSSR count). The van der Waals surface area contributed by atoms with Crippen LogP contribution in [0.5, 0.6) is 0 Å². The maximum absolute atomic E-state index is 11.3. The van der Waals surface area contributed by atoms with Gasteiger partial charge in [-0.1, -0.05) is 0 Å². The van der Waals surface area contributed by atoms with Gasteiger partial charge in [-0.2, -0.15) is 4.52 Å². The summed E-state index contributed by atoms with van der Waals surface area (Å²) in [6.07, 6.45) is 1.55. The van der Waals surface area contributed by atoms with Gasteiger partial charge in [0.1, 0.15) is 5.82 Å². The zero-order chi connectivity index (χ0) is 14.8. The van der Waals surface area contributed by atoms with Gasteiger partial charge in [0.2, 0.25) is 0 Å². The maximum atomic E-state index is 11.3. The molecule has 0 radical (unpaired) electrons. The van der Waals surface area contributed by atoms with Crippen LogP contribution in [0.3, 0.4) is 0 Å². The van der Waals surface area contributed by atoms with Crippen molar-refractivity contribution >= 4 is 17.6 Å². The van der Waals surface area contributed by atoms with E-state index in [1.807, 2.05) is 19.1 Å². The molecule has 2 aromatic rings. The number of amides is 1. The SMILES string of the molecule is COC(=O)NC1CCCN(c2ccc3nnc(C)n3n2)C1.